The zero-order chi connectivity index (χ0) is 15.6. The second-order valence-electron chi connectivity index (χ2n) is 10.5. The van der Waals surface area contributed by atoms with Crippen molar-refractivity contribution in [1.82, 2.24) is 0 Å². The van der Waals surface area contributed by atoms with Crippen molar-refractivity contribution in [3.63, 3.8) is 0 Å². The van der Waals surface area contributed by atoms with E-state index in [0.717, 1.165) is 11.8 Å². The summed E-state index contributed by atoms with van der Waals surface area (Å²) in [5.41, 5.74) is -0.000509. The average Bonchev–Trinajstić information content (AvgIpc) is 2.56. The highest BCUT2D eigenvalue weighted by molar-refractivity contribution is 5.18. The van der Waals surface area contributed by atoms with E-state index in [-0.39, 0.29) is 16.2 Å². The topological polar surface area (TPSA) is 20.2 Å². The highest BCUT2D eigenvalue weighted by Gasteiger charge is 2.68. The molecule has 126 valence electrons. The molecular weight excluding hydrogens is 268 g/mol. The van der Waals surface area contributed by atoms with Crippen molar-refractivity contribution in [3.05, 3.63) is 0 Å². The number of rotatable bonds is 2. The molecule has 1 heteroatoms. The highest BCUT2D eigenvalue weighted by Crippen LogP contribution is 2.70. The van der Waals surface area contributed by atoms with E-state index < -0.39 is 5.60 Å². The lowest BCUT2D eigenvalue weighted by Gasteiger charge is -2.69. The standard InChI is InChI=1S/C21H36O/c1-18(2,3)21(22,19-10-4-16(5-11-19)6-12-19)20-13-7-17(8-14-20)9-15-20/h16-17,22H,4-15H2,1-3H3. The van der Waals surface area contributed by atoms with Gasteiger partial charge in [-0.05, 0) is 94.3 Å². The molecule has 1 N–H and O–H groups in total. The Morgan fingerprint density at radius 2 is 0.909 bits per heavy atom. The number of fused-ring (bicyclic) bond motifs is 6. The highest BCUT2D eigenvalue weighted by atomic mass is 16.3. The van der Waals surface area contributed by atoms with Crippen molar-refractivity contribution in [2.75, 3.05) is 0 Å². The molecule has 0 spiro atoms. The SMILES string of the molecule is CC(C)(C)C(O)(C12CCC(CC1)CC2)C12CCC(CC1)CC2. The quantitative estimate of drug-likeness (QED) is 0.693. The van der Waals surface area contributed by atoms with Crippen LogP contribution in [0.2, 0.25) is 0 Å². The monoisotopic (exact) mass is 304 g/mol. The minimum Gasteiger partial charge on any atom is -0.388 e. The van der Waals surface area contributed by atoms with Gasteiger partial charge in [-0.3, -0.25) is 0 Å². The van der Waals surface area contributed by atoms with Gasteiger partial charge in [0.15, 0.2) is 0 Å². The molecule has 0 aromatic heterocycles. The molecule has 0 unspecified atom stereocenters. The van der Waals surface area contributed by atoms with Crippen LogP contribution in [-0.2, 0) is 0 Å². The van der Waals surface area contributed by atoms with Crippen LogP contribution in [0.3, 0.4) is 0 Å². The predicted octanol–water partition coefficient (Wildman–Crippen LogP) is 5.70. The summed E-state index contributed by atoms with van der Waals surface area (Å²) in [6, 6.07) is 0. The lowest BCUT2D eigenvalue weighted by molar-refractivity contribution is -0.278. The van der Waals surface area contributed by atoms with Gasteiger partial charge in [-0.25, -0.2) is 0 Å². The second kappa shape index (κ2) is 4.74. The van der Waals surface area contributed by atoms with Gasteiger partial charge in [0.25, 0.3) is 0 Å². The largest absolute Gasteiger partial charge is 0.388 e. The van der Waals surface area contributed by atoms with Crippen LogP contribution in [0.15, 0.2) is 0 Å². The van der Waals surface area contributed by atoms with E-state index in [1.807, 2.05) is 0 Å². The lowest BCUT2D eigenvalue weighted by atomic mass is 9.38. The average molecular weight is 305 g/mol. The van der Waals surface area contributed by atoms with E-state index in [4.69, 9.17) is 0 Å². The van der Waals surface area contributed by atoms with Crippen LogP contribution in [0.25, 0.3) is 0 Å². The van der Waals surface area contributed by atoms with Gasteiger partial charge in [-0.15, -0.1) is 0 Å². The fourth-order valence-electron chi connectivity index (χ4n) is 7.74. The van der Waals surface area contributed by atoms with E-state index >= 15 is 0 Å². The van der Waals surface area contributed by atoms with E-state index in [1.54, 1.807) is 0 Å². The molecule has 0 heterocycles. The van der Waals surface area contributed by atoms with Gasteiger partial charge in [0.2, 0.25) is 0 Å². The summed E-state index contributed by atoms with van der Waals surface area (Å²) in [6.45, 7) is 7.04. The van der Waals surface area contributed by atoms with Crippen molar-refractivity contribution in [3.8, 4) is 0 Å². The molecular formula is C21H36O. The van der Waals surface area contributed by atoms with E-state index in [1.165, 1.54) is 77.0 Å². The first kappa shape index (κ1) is 15.5. The molecule has 0 radical (unpaired) electrons. The number of hydrogen-bond donors (Lipinski definition) is 1. The van der Waals surface area contributed by atoms with Crippen molar-refractivity contribution < 1.29 is 5.11 Å². The lowest BCUT2D eigenvalue weighted by Crippen LogP contribution is -2.69. The molecule has 0 aromatic carbocycles. The Bertz CT molecular complexity index is 368. The van der Waals surface area contributed by atoms with Crippen molar-refractivity contribution in [2.45, 2.75) is 103 Å². The van der Waals surface area contributed by atoms with Gasteiger partial charge in [-0.2, -0.15) is 0 Å². The zero-order valence-corrected chi connectivity index (χ0v) is 15.1. The van der Waals surface area contributed by atoms with Crippen LogP contribution < -0.4 is 0 Å². The summed E-state index contributed by atoms with van der Waals surface area (Å²) < 4.78 is 0. The normalized spacial score (nSPS) is 47.5. The van der Waals surface area contributed by atoms with Gasteiger partial charge in [0.1, 0.15) is 0 Å². The summed E-state index contributed by atoms with van der Waals surface area (Å²) >= 11 is 0. The van der Waals surface area contributed by atoms with Crippen LogP contribution in [0.5, 0.6) is 0 Å². The first-order valence-corrected chi connectivity index (χ1v) is 10.0. The Kier molecular flexibility index (Phi) is 3.34. The molecule has 0 saturated heterocycles. The minimum atomic E-state index is -0.455. The molecule has 6 rings (SSSR count). The molecule has 4 bridgehead atoms. The molecule has 6 aliphatic rings. The first-order chi connectivity index (χ1) is 10.3. The van der Waals surface area contributed by atoms with Gasteiger partial charge in [-0.1, -0.05) is 20.8 Å². The second-order valence-corrected chi connectivity index (χ2v) is 10.5. The third kappa shape index (κ3) is 1.81. The third-order valence-electron chi connectivity index (χ3n) is 8.81. The predicted molar refractivity (Wildman–Crippen MR) is 91.7 cm³/mol. The van der Waals surface area contributed by atoms with Crippen LogP contribution in [0.4, 0.5) is 0 Å². The molecule has 0 atom stereocenters. The first-order valence-electron chi connectivity index (χ1n) is 10.0. The molecule has 6 fully saturated rings. The summed E-state index contributed by atoms with van der Waals surface area (Å²) in [5.74, 6) is 1.95. The Morgan fingerprint density at radius 1 is 0.636 bits per heavy atom. The summed E-state index contributed by atoms with van der Waals surface area (Å²) in [7, 11) is 0. The van der Waals surface area contributed by atoms with E-state index in [2.05, 4.69) is 20.8 Å². The number of aliphatic hydroxyl groups is 1. The van der Waals surface area contributed by atoms with Gasteiger partial charge in [0, 0.05) is 10.8 Å². The summed E-state index contributed by atoms with van der Waals surface area (Å²) in [6.07, 6.45) is 16.1. The maximum atomic E-state index is 12.5. The maximum absolute atomic E-state index is 12.5. The van der Waals surface area contributed by atoms with Crippen LogP contribution >= 0.6 is 0 Å². The van der Waals surface area contributed by atoms with Crippen molar-refractivity contribution in [1.29, 1.82) is 0 Å². The molecule has 1 nitrogen and oxygen atoms in total. The third-order valence-corrected chi connectivity index (χ3v) is 8.81. The van der Waals surface area contributed by atoms with Gasteiger partial charge < -0.3 is 5.11 Å². The van der Waals surface area contributed by atoms with Crippen LogP contribution in [0.1, 0.15) is 97.8 Å². The van der Waals surface area contributed by atoms with Crippen LogP contribution in [0, 0.1) is 28.1 Å². The Labute approximate surface area is 137 Å². The number of hydrogen-bond acceptors (Lipinski definition) is 1. The molecule has 6 aliphatic carbocycles. The zero-order valence-electron chi connectivity index (χ0n) is 15.1. The fourth-order valence-corrected chi connectivity index (χ4v) is 7.74. The fraction of sp³-hybridized carbons (Fsp3) is 1.00. The summed E-state index contributed by atoms with van der Waals surface area (Å²) in [4.78, 5) is 0. The summed E-state index contributed by atoms with van der Waals surface area (Å²) in [5, 5.41) is 12.5. The van der Waals surface area contributed by atoms with Gasteiger partial charge in [0.05, 0.1) is 5.60 Å². The molecule has 0 aromatic rings. The van der Waals surface area contributed by atoms with Gasteiger partial charge >= 0.3 is 0 Å². The minimum absolute atomic E-state index is 0.00134. The van der Waals surface area contributed by atoms with E-state index in [0.29, 0.717) is 0 Å². The van der Waals surface area contributed by atoms with E-state index in [9.17, 15) is 5.11 Å². The molecule has 0 amide bonds. The van der Waals surface area contributed by atoms with Crippen molar-refractivity contribution in [2.24, 2.45) is 28.1 Å². The molecule has 0 aliphatic heterocycles. The van der Waals surface area contributed by atoms with Crippen molar-refractivity contribution >= 4 is 0 Å². The Morgan fingerprint density at radius 3 is 1.14 bits per heavy atom. The maximum Gasteiger partial charge on any atom is 0.0807 e. The molecule has 6 saturated carbocycles. The smallest absolute Gasteiger partial charge is 0.0807 e. The Balaban J connectivity index is 1.80. The molecule has 22 heavy (non-hydrogen) atoms. The Hall–Kier alpha value is -0.0400. The van der Waals surface area contributed by atoms with Crippen LogP contribution in [-0.4, -0.2) is 10.7 Å².